The van der Waals surface area contributed by atoms with E-state index in [1.165, 1.54) is 0 Å². The van der Waals surface area contributed by atoms with Gasteiger partial charge in [0, 0.05) is 31.4 Å². The average molecular weight is 437 g/mol. The Bertz CT molecular complexity index is 895. The quantitative estimate of drug-likeness (QED) is 0.598. The first kappa shape index (κ1) is 22.7. The second kappa shape index (κ2) is 10.2. The first-order chi connectivity index (χ1) is 13.3. The lowest BCUT2D eigenvalue weighted by Crippen LogP contribution is -2.61. The lowest BCUT2D eigenvalue weighted by Gasteiger charge is -2.43. The first-order valence-corrected chi connectivity index (χ1v) is 8.79. The van der Waals surface area contributed by atoms with Crippen molar-refractivity contribution in [2.24, 2.45) is 0 Å². The molecule has 3 aromatic rings. The minimum atomic E-state index is -0.758. The van der Waals surface area contributed by atoms with Crippen molar-refractivity contribution in [2.45, 2.75) is 5.54 Å². The maximum Gasteiger partial charge on any atom is 0.226 e. The molecule has 4 rings (SSSR count). The van der Waals surface area contributed by atoms with Crippen LogP contribution in [0.2, 0.25) is 0 Å². The number of carbonyl (C=O) groups is 1. The molecule has 9 heteroatoms. The monoisotopic (exact) mass is 436 g/mol. The van der Waals surface area contributed by atoms with Crippen LogP contribution in [0.25, 0.3) is 11.5 Å². The first-order valence-electron chi connectivity index (χ1n) is 8.79. The van der Waals surface area contributed by atoms with Gasteiger partial charge in [0.05, 0.1) is 6.20 Å². The predicted octanol–water partition coefficient (Wildman–Crippen LogP) is 2.92. The number of benzene rings is 1. The fraction of sp³-hybridized carbons (Fsp3) is 0.250. The molecule has 0 saturated carbocycles. The van der Waals surface area contributed by atoms with E-state index in [1.807, 2.05) is 42.5 Å². The van der Waals surface area contributed by atoms with Gasteiger partial charge in [-0.05, 0) is 24.3 Å². The molecule has 0 bridgehead atoms. The number of oxazole rings is 1. The third-order valence-corrected chi connectivity index (χ3v) is 4.74. The minimum absolute atomic E-state index is 0. The van der Waals surface area contributed by atoms with Gasteiger partial charge in [-0.1, -0.05) is 18.2 Å². The van der Waals surface area contributed by atoms with Gasteiger partial charge in [0.25, 0.3) is 0 Å². The van der Waals surface area contributed by atoms with E-state index in [1.54, 1.807) is 23.6 Å². The number of nitrogens with one attached hydrogen (secondary N) is 1. The van der Waals surface area contributed by atoms with Crippen LogP contribution in [0.5, 0.6) is 5.75 Å². The van der Waals surface area contributed by atoms with Gasteiger partial charge in [-0.3, -0.25) is 9.78 Å². The summed E-state index contributed by atoms with van der Waals surface area (Å²) in [5.41, 5.74) is 0.782. The molecular formula is C20H22Cl2N4O3. The molecule has 0 spiro atoms. The molecule has 1 atom stereocenters. The fourth-order valence-electron chi connectivity index (χ4n) is 3.25. The standard InChI is InChI=1S/C20H20N4O3.2ClH/c25-15-24-10-9-22-13-20(24,14-27-17-7-4-8-21-11-17)18-12-26-19(23-18)16-5-2-1-3-6-16;;/h1-8,11-12,15,22H,9-10,13-14H2;2*1H. The highest BCUT2D eigenvalue weighted by atomic mass is 35.5. The highest BCUT2D eigenvalue weighted by Crippen LogP contribution is 2.31. The molecule has 154 valence electrons. The molecule has 1 aliphatic rings. The van der Waals surface area contributed by atoms with Crippen molar-refractivity contribution in [1.82, 2.24) is 20.2 Å². The van der Waals surface area contributed by atoms with Crippen molar-refractivity contribution in [1.29, 1.82) is 0 Å². The molecule has 2 aromatic heterocycles. The SMILES string of the molecule is Cl.Cl.O=CN1CCNCC1(COc1cccnc1)c1coc(-c2ccccc2)n1. The zero-order valence-corrected chi connectivity index (χ0v) is 17.2. The van der Waals surface area contributed by atoms with E-state index >= 15 is 0 Å². The number of nitrogens with zero attached hydrogens (tertiary/aromatic N) is 3. The van der Waals surface area contributed by atoms with Crippen LogP contribution in [-0.4, -0.2) is 47.5 Å². The molecule has 0 radical (unpaired) electrons. The van der Waals surface area contributed by atoms with E-state index in [2.05, 4.69) is 15.3 Å². The van der Waals surface area contributed by atoms with Crippen molar-refractivity contribution < 1.29 is 13.9 Å². The number of carbonyl (C=O) groups excluding carboxylic acids is 1. The van der Waals surface area contributed by atoms with Crippen LogP contribution < -0.4 is 10.1 Å². The lowest BCUT2D eigenvalue weighted by molar-refractivity contribution is -0.127. The van der Waals surface area contributed by atoms with Crippen molar-refractivity contribution in [3.05, 3.63) is 66.8 Å². The third-order valence-electron chi connectivity index (χ3n) is 4.74. The molecule has 29 heavy (non-hydrogen) atoms. The Morgan fingerprint density at radius 2 is 2.03 bits per heavy atom. The number of halogens is 2. The summed E-state index contributed by atoms with van der Waals surface area (Å²) in [4.78, 5) is 22.3. The summed E-state index contributed by atoms with van der Waals surface area (Å²) < 4.78 is 11.7. The van der Waals surface area contributed by atoms with Gasteiger partial charge in [-0.25, -0.2) is 4.98 Å². The zero-order valence-electron chi connectivity index (χ0n) is 15.6. The van der Waals surface area contributed by atoms with Crippen molar-refractivity contribution in [3.63, 3.8) is 0 Å². The minimum Gasteiger partial charge on any atom is -0.489 e. The van der Waals surface area contributed by atoms with Crippen LogP contribution in [0.1, 0.15) is 5.69 Å². The van der Waals surface area contributed by atoms with E-state index in [0.717, 1.165) is 18.5 Å². The van der Waals surface area contributed by atoms with Crippen LogP contribution in [0.15, 0.2) is 65.5 Å². The summed E-state index contributed by atoms with van der Waals surface area (Å²) in [7, 11) is 0. The highest BCUT2D eigenvalue weighted by Gasteiger charge is 2.44. The normalized spacial score (nSPS) is 18.3. The molecule has 1 saturated heterocycles. The largest absolute Gasteiger partial charge is 0.489 e. The Labute approximate surface area is 181 Å². The Hall–Kier alpha value is -2.61. The summed E-state index contributed by atoms with van der Waals surface area (Å²) in [6, 6.07) is 13.3. The van der Waals surface area contributed by atoms with Crippen LogP contribution in [0, 0.1) is 0 Å². The number of pyridine rings is 1. The highest BCUT2D eigenvalue weighted by molar-refractivity contribution is 5.85. The number of piperazine rings is 1. The summed E-state index contributed by atoms with van der Waals surface area (Å²) in [6.45, 7) is 2.04. The number of ether oxygens (including phenoxy) is 1. The predicted molar refractivity (Wildman–Crippen MR) is 113 cm³/mol. The van der Waals surface area contributed by atoms with Crippen LogP contribution in [-0.2, 0) is 10.3 Å². The molecule has 1 N–H and O–H groups in total. The molecule has 1 unspecified atom stereocenters. The summed E-state index contributed by atoms with van der Waals surface area (Å²) in [5.74, 6) is 1.16. The third kappa shape index (κ3) is 4.70. The van der Waals surface area contributed by atoms with E-state index in [4.69, 9.17) is 9.15 Å². The maximum absolute atomic E-state index is 11.8. The van der Waals surface area contributed by atoms with Gasteiger partial charge in [0.15, 0.2) is 0 Å². The van der Waals surface area contributed by atoms with E-state index in [-0.39, 0.29) is 31.4 Å². The fourth-order valence-corrected chi connectivity index (χ4v) is 3.25. The van der Waals surface area contributed by atoms with Gasteiger partial charge in [0.2, 0.25) is 12.3 Å². The Morgan fingerprint density at radius 3 is 2.76 bits per heavy atom. The molecular weight excluding hydrogens is 415 g/mol. The molecule has 3 heterocycles. The second-order valence-electron chi connectivity index (χ2n) is 6.39. The molecule has 1 aliphatic heterocycles. The number of rotatable bonds is 6. The van der Waals surface area contributed by atoms with Gasteiger partial charge < -0.3 is 19.4 Å². The number of hydrogen-bond acceptors (Lipinski definition) is 6. The van der Waals surface area contributed by atoms with Crippen LogP contribution in [0.4, 0.5) is 0 Å². The zero-order chi connectivity index (χ0) is 18.5. The van der Waals surface area contributed by atoms with Crippen molar-refractivity contribution in [3.8, 4) is 17.2 Å². The van der Waals surface area contributed by atoms with Gasteiger partial charge in [-0.2, -0.15) is 0 Å². The van der Waals surface area contributed by atoms with E-state index in [0.29, 0.717) is 30.4 Å². The smallest absolute Gasteiger partial charge is 0.226 e. The summed E-state index contributed by atoms with van der Waals surface area (Å²) in [5, 5.41) is 3.35. The summed E-state index contributed by atoms with van der Waals surface area (Å²) in [6.07, 6.45) is 5.79. The van der Waals surface area contributed by atoms with Gasteiger partial charge in [-0.15, -0.1) is 24.8 Å². The van der Waals surface area contributed by atoms with E-state index < -0.39 is 5.54 Å². The average Bonchev–Trinajstić information content (AvgIpc) is 3.25. The van der Waals surface area contributed by atoms with Gasteiger partial charge >= 0.3 is 0 Å². The number of aromatic nitrogens is 2. The number of amides is 1. The molecule has 0 aliphatic carbocycles. The van der Waals surface area contributed by atoms with Crippen LogP contribution >= 0.6 is 24.8 Å². The Balaban J connectivity index is 0.00000150. The molecule has 1 amide bonds. The Kier molecular flexibility index (Phi) is 8.01. The molecule has 7 nitrogen and oxygen atoms in total. The van der Waals surface area contributed by atoms with Crippen LogP contribution in [0.3, 0.4) is 0 Å². The van der Waals surface area contributed by atoms with Crippen molar-refractivity contribution >= 4 is 31.2 Å². The van der Waals surface area contributed by atoms with E-state index in [9.17, 15) is 4.79 Å². The maximum atomic E-state index is 11.8. The summed E-state index contributed by atoms with van der Waals surface area (Å²) >= 11 is 0. The van der Waals surface area contributed by atoms with Gasteiger partial charge in [0.1, 0.15) is 29.9 Å². The number of hydrogen-bond donors (Lipinski definition) is 1. The molecule has 1 aromatic carbocycles. The molecule has 1 fully saturated rings. The second-order valence-corrected chi connectivity index (χ2v) is 6.39. The topological polar surface area (TPSA) is 80.5 Å². The lowest BCUT2D eigenvalue weighted by atomic mass is 9.92. The Morgan fingerprint density at radius 1 is 1.21 bits per heavy atom. The van der Waals surface area contributed by atoms with Crippen molar-refractivity contribution in [2.75, 3.05) is 26.2 Å².